The quantitative estimate of drug-likeness (QED) is 0.624. The minimum atomic E-state index is -3.46. The number of hydrogen-bond acceptors (Lipinski definition) is 5. The number of rotatable bonds is 4. The first-order chi connectivity index (χ1) is 11.7. The number of halogens is 2. The molecule has 0 saturated heterocycles. The summed E-state index contributed by atoms with van der Waals surface area (Å²) in [7, 11) is -0.469. The van der Waals surface area contributed by atoms with Crippen molar-refractivity contribution in [2.45, 2.75) is 11.8 Å². The van der Waals surface area contributed by atoms with E-state index < -0.39 is 10.0 Å². The van der Waals surface area contributed by atoms with E-state index in [9.17, 15) is 8.42 Å². The zero-order valence-electron chi connectivity index (χ0n) is 13.7. The lowest BCUT2D eigenvalue weighted by Gasteiger charge is -2.12. The molecule has 25 heavy (non-hydrogen) atoms. The summed E-state index contributed by atoms with van der Waals surface area (Å²) in [5.41, 5.74) is 2.08. The van der Waals surface area contributed by atoms with E-state index in [4.69, 9.17) is 11.6 Å². The molecule has 0 amide bonds. The van der Waals surface area contributed by atoms with Crippen molar-refractivity contribution in [3.63, 3.8) is 0 Å². The summed E-state index contributed by atoms with van der Waals surface area (Å²) in [4.78, 5) is 4.48. The van der Waals surface area contributed by atoms with Gasteiger partial charge in [0.25, 0.3) is 0 Å². The third kappa shape index (κ3) is 3.37. The molecule has 0 radical (unpaired) electrons. The molecule has 0 saturated carbocycles. The highest BCUT2D eigenvalue weighted by atomic mass is 79.9. The number of anilines is 2. The molecule has 0 aliphatic rings. The smallest absolute Gasteiger partial charge is 0.242 e. The molecule has 3 rings (SSSR count). The third-order valence-corrected chi connectivity index (χ3v) is 6.52. The topological polar surface area (TPSA) is 79.6 Å². The SMILES string of the molecule is Cc1nn2c(Nc3ccc(S(=O)(=O)N(C)C)cc3)cc(Cl)nc2c1Br. The Morgan fingerprint density at radius 3 is 2.48 bits per heavy atom. The van der Waals surface area contributed by atoms with Gasteiger partial charge in [0.2, 0.25) is 10.0 Å². The first-order valence-electron chi connectivity index (χ1n) is 7.21. The van der Waals surface area contributed by atoms with Gasteiger partial charge in [-0.15, -0.1) is 0 Å². The number of benzene rings is 1. The van der Waals surface area contributed by atoms with E-state index in [1.54, 1.807) is 34.8 Å². The molecule has 0 bridgehead atoms. The Balaban J connectivity index is 1.98. The highest BCUT2D eigenvalue weighted by Crippen LogP contribution is 2.27. The van der Waals surface area contributed by atoms with Crippen molar-refractivity contribution in [1.29, 1.82) is 0 Å². The molecular weight excluding hydrogens is 430 g/mol. The lowest BCUT2D eigenvalue weighted by Crippen LogP contribution is -2.22. The number of aryl methyl sites for hydroxylation is 1. The van der Waals surface area contributed by atoms with Crippen molar-refractivity contribution in [1.82, 2.24) is 18.9 Å². The van der Waals surface area contributed by atoms with E-state index in [-0.39, 0.29) is 4.90 Å². The van der Waals surface area contributed by atoms with Crippen molar-refractivity contribution in [2.24, 2.45) is 0 Å². The van der Waals surface area contributed by atoms with Gasteiger partial charge in [-0.3, -0.25) is 0 Å². The second-order valence-corrected chi connectivity index (χ2v) is 8.87. The van der Waals surface area contributed by atoms with Crippen molar-refractivity contribution in [2.75, 3.05) is 19.4 Å². The van der Waals surface area contributed by atoms with Crippen LogP contribution in [0.2, 0.25) is 5.15 Å². The molecule has 1 aromatic carbocycles. The molecule has 0 atom stereocenters. The average molecular weight is 445 g/mol. The van der Waals surface area contributed by atoms with Crippen LogP contribution in [0.25, 0.3) is 5.65 Å². The van der Waals surface area contributed by atoms with E-state index >= 15 is 0 Å². The summed E-state index contributed by atoms with van der Waals surface area (Å²) in [5.74, 6) is 0.618. The maximum absolute atomic E-state index is 12.1. The fraction of sp³-hybridized carbons (Fsp3) is 0.200. The number of hydrogen-bond donors (Lipinski definition) is 1. The monoisotopic (exact) mass is 443 g/mol. The molecule has 0 unspecified atom stereocenters. The van der Waals surface area contributed by atoms with Crippen LogP contribution < -0.4 is 5.32 Å². The van der Waals surface area contributed by atoms with Crippen LogP contribution in [0.5, 0.6) is 0 Å². The van der Waals surface area contributed by atoms with Gasteiger partial charge < -0.3 is 5.32 Å². The van der Waals surface area contributed by atoms with Crippen molar-refractivity contribution in [3.05, 3.63) is 45.7 Å². The lowest BCUT2D eigenvalue weighted by molar-refractivity contribution is 0.521. The molecule has 7 nitrogen and oxygen atoms in total. The maximum atomic E-state index is 12.1. The normalized spacial score (nSPS) is 12.1. The summed E-state index contributed by atoms with van der Waals surface area (Å²) in [6, 6.07) is 8.10. The minimum absolute atomic E-state index is 0.221. The Bertz CT molecular complexity index is 1050. The first-order valence-corrected chi connectivity index (χ1v) is 9.82. The van der Waals surface area contributed by atoms with Crippen LogP contribution in [0, 0.1) is 6.92 Å². The molecule has 0 spiro atoms. The molecule has 2 aromatic heterocycles. The van der Waals surface area contributed by atoms with Crippen LogP contribution in [0.4, 0.5) is 11.5 Å². The molecule has 0 aliphatic carbocycles. The van der Waals surface area contributed by atoms with Gasteiger partial charge in [-0.1, -0.05) is 11.6 Å². The molecule has 0 aliphatic heterocycles. The molecule has 10 heteroatoms. The molecule has 3 aromatic rings. The summed E-state index contributed by atoms with van der Waals surface area (Å²) in [6.45, 7) is 1.86. The van der Waals surface area contributed by atoms with Gasteiger partial charge in [0.1, 0.15) is 11.0 Å². The van der Waals surface area contributed by atoms with E-state index in [1.165, 1.54) is 18.4 Å². The number of fused-ring (bicyclic) bond motifs is 1. The largest absolute Gasteiger partial charge is 0.340 e. The Kier molecular flexibility index (Phi) is 4.76. The van der Waals surface area contributed by atoms with Gasteiger partial charge in [0, 0.05) is 25.8 Å². The van der Waals surface area contributed by atoms with E-state index in [0.29, 0.717) is 22.3 Å². The maximum Gasteiger partial charge on any atom is 0.242 e. The van der Waals surface area contributed by atoms with Crippen LogP contribution in [0.1, 0.15) is 5.69 Å². The summed E-state index contributed by atoms with van der Waals surface area (Å²) < 4.78 is 27.8. The molecule has 1 N–H and O–H groups in total. The fourth-order valence-corrected chi connectivity index (χ4v) is 3.65. The van der Waals surface area contributed by atoms with E-state index in [0.717, 1.165) is 10.2 Å². The Labute approximate surface area is 158 Å². The molecular formula is C15H15BrClN5O2S. The Morgan fingerprint density at radius 1 is 1.24 bits per heavy atom. The van der Waals surface area contributed by atoms with Crippen LogP contribution in [-0.4, -0.2) is 41.4 Å². The summed E-state index contributed by atoms with van der Waals surface area (Å²) in [6.07, 6.45) is 0. The van der Waals surface area contributed by atoms with E-state index in [2.05, 4.69) is 31.3 Å². The first kappa shape index (κ1) is 18.1. The van der Waals surface area contributed by atoms with Crippen LogP contribution in [0.3, 0.4) is 0 Å². The third-order valence-electron chi connectivity index (χ3n) is 3.57. The number of sulfonamides is 1. The Hall–Kier alpha value is -1.68. The van der Waals surface area contributed by atoms with Gasteiger partial charge in [0.15, 0.2) is 5.65 Å². The molecule has 2 heterocycles. The summed E-state index contributed by atoms with van der Waals surface area (Å²) in [5, 5.41) is 7.92. The number of nitrogens with zero attached hydrogens (tertiary/aromatic N) is 4. The standard InChI is InChI=1S/C15H15BrClN5O2S/c1-9-14(16)15-19-12(17)8-13(22(15)20-9)18-10-4-6-11(7-5-10)25(23,24)21(2)3/h4-8,18H,1-3H3. The van der Waals surface area contributed by atoms with Crippen LogP contribution in [0.15, 0.2) is 39.7 Å². The number of aromatic nitrogens is 3. The van der Waals surface area contributed by atoms with Gasteiger partial charge in [-0.05, 0) is 47.1 Å². The second-order valence-electron chi connectivity index (χ2n) is 5.54. The zero-order valence-corrected chi connectivity index (χ0v) is 16.8. The van der Waals surface area contributed by atoms with Crippen molar-refractivity contribution >= 4 is 54.7 Å². The van der Waals surface area contributed by atoms with Gasteiger partial charge in [-0.25, -0.2) is 17.7 Å². The van der Waals surface area contributed by atoms with E-state index in [1.807, 2.05) is 6.92 Å². The number of nitrogens with one attached hydrogen (secondary N) is 1. The van der Waals surface area contributed by atoms with Crippen LogP contribution in [-0.2, 0) is 10.0 Å². The minimum Gasteiger partial charge on any atom is -0.340 e. The summed E-state index contributed by atoms with van der Waals surface area (Å²) >= 11 is 9.54. The predicted octanol–water partition coefficient (Wildman–Crippen LogP) is 3.45. The second kappa shape index (κ2) is 6.56. The molecule has 0 fully saturated rings. The van der Waals surface area contributed by atoms with Gasteiger partial charge in [0.05, 0.1) is 15.1 Å². The van der Waals surface area contributed by atoms with Crippen LogP contribution >= 0.6 is 27.5 Å². The van der Waals surface area contributed by atoms with Gasteiger partial charge in [-0.2, -0.15) is 9.61 Å². The highest BCUT2D eigenvalue weighted by molar-refractivity contribution is 9.10. The lowest BCUT2D eigenvalue weighted by atomic mass is 10.3. The fourth-order valence-electron chi connectivity index (χ4n) is 2.23. The average Bonchev–Trinajstić information content (AvgIpc) is 2.83. The highest BCUT2D eigenvalue weighted by Gasteiger charge is 2.17. The van der Waals surface area contributed by atoms with Gasteiger partial charge >= 0.3 is 0 Å². The van der Waals surface area contributed by atoms with Crippen molar-refractivity contribution < 1.29 is 8.42 Å². The van der Waals surface area contributed by atoms with Crippen molar-refractivity contribution in [3.8, 4) is 0 Å². The zero-order chi connectivity index (χ0) is 18.4. The predicted molar refractivity (Wildman–Crippen MR) is 101 cm³/mol. The molecule has 132 valence electrons. The Morgan fingerprint density at radius 2 is 1.88 bits per heavy atom.